The van der Waals surface area contributed by atoms with Crippen LogP contribution in [-0.2, 0) is 17.8 Å². The molecule has 1 aromatic heterocycles. The summed E-state index contributed by atoms with van der Waals surface area (Å²) in [5, 5.41) is 6.11. The van der Waals surface area contributed by atoms with Gasteiger partial charge in [0.25, 0.3) is 0 Å². The van der Waals surface area contributed by atoms with Crippen molar-refractivity contribution in [3.63, 3.8) is 0 Å². The average Bonchev–Trinajstić information content (AvgIpc) is 3.43. The minimum atomic E-state index is -0.893. The van der Waals surface area contributed by atoms with Crippen molar-refractivity contribution in [1.82, 2.24) is 9.88 Å². The van der Waals surface area contributed by atoms with Crippen molar-refractivity contribution in [1.29, 1.82) is 0 Å². The number of halogens is 2. The number of carbonyl (C=O) groups is 3. The normalized spacial score (nSPS) is 14.5. The summed E-state index contributed by atoms with van der Waals surface area (Å²) >= 11 is 5.84. The Hall–Kier alpha value is -4.37. The van der Waals surface area contributed by atoms with Gasteiger partial charge in [0.05, 0.1) is 10.5 Å². The molecule has 3 aromatic carbocycles. The molecular weight excluding hydrogens is 485 g/mol. The Labute approximate surface area is 210 Å². The molecule has 0 radical (unpaired) electrons. The standard InChI is InChI=1S/C26H21ClFN5O3/c27-18-9-5-8-17(23(18)28)14-30-24(34)21-12-15-6-1-3-10-19(15)32(21)26(36)31-22-13-16-7-2-4-11-20(16)33(22)25(29)35/h1-11,13,21H,12,14H2,(H2,29,35)(H,30,34)(H,31,36). The molecule has 182 valence electrons. The zero-order valence-corrected chi connectivity index (χ0v) is 19.6. The fourth-order valence-corrected chi connectivity index (χ4v) is 4.68. The van der Waals surface area contributed by atoms with Gasteiger partial charge in [0.1, 0.15) is 17.7 Å². The van der Waals surface area contributed by atoms with Gasteiger partial charge in [0.2, 0.25) is 5.91 Å². The molecule has 1 unspecified atom stereocenters. The maximum absolute atomic E-state index is 14.3. The van der Waals surface area contributed by atoms with E-state index in [1.54, 1.807) is 48.5 Å². The van der Waals surface area contributed by atoms with Crippen molar-refractivity contribution in [2.75, 3.05) is 10.2 Å². The molecule has 0 spiro atoms. The van der Waals surface area contributed by atoms with Gasteiger partial charge in [0, 0.05) is 29.6 Å². The summed E-state index contributed by atoms with van der Waals surface area (Å²) in [7, 11) is 0. The predicted molar refractivity (Wildman–Crippen MR) is 136 cm³/mol. The van der Waals surface area contributed by atoms with Gasteiger partial charge in [-0.3, -0.25) is 15.0 Å². The van der Waals surface area contributed by atoms with Crippen LogP contribution in [0, 0.1) is 5.82 Å². The SMILES string of the molecule is NC(=O)n1c(NC(=O)N2c3ccccc3CC2C(=O)NCc2cccc(Cl)c2F)cc2ccccc21. The van der Waals surface area contributed by atoms with Crippen LogP contribution < -0.4 is 21.3 Å². The maximum atomic E-state index is 14.3. The fourth-order valence-electron chi connectivity index (χ4n) is 4.49. The topological polar surface area (TPSA) is 109 Å². The lowest BCUT2D eigenvalue weighted by atomic mass is 10.1. The predicted octanol–water partition coefficient (Wildman–Crippen LogP) is 4.64. The highest BCUT2D eigenvalue weighted by Crippen LogP contribution is 2.33. The Morgan fingerprint density at radius 1 is 1.03 bits per heavy atom. The summed E-state index contributed by atoms with van der Waals surface area (Å²) in [5.74, 6) is -0.891. The summed E-state index contributed by atoms with van der Waals surface area (Å²) in [4.78, 5) is 40.2. The number of hydrogen-bond donors (Lipinski definition) is 3. The second-order valence-corrected chi connectivity index (χ2v) is 8.75. The van der Waals surface area contributed by atoms with Crippen LogP contribution in [0.2, 0.25) is 5.02 Å². The van der Waals surface area contributed by atoms with Crippen molar-refractivity contribution in [3.05, 3.63) is 94.8 Å². The second kappa shape index (κ2) is 9.35. The van der Waals surface area contributed by atoms with E-state index in [2.05, 4.69) is 10.6 Å². The fraction of sp³-hybridized carbons (Fsp3) is 0.115. The van der Waals surface area contributed by atoms with Gasteiger partial charge in [-0.05, 0) is 29.8 Å². The van der Waals surface area contributed by atoms with Crippen LogP contribution in [0.15, 0.2) is 72.8 Å². The summed E-state index contributed by atoms with van der Waals surface area (Å²) in [5.41, 5.74) is 7.71. The lowest BCUT2D eigenvalue weighted by molar-refractivity contribution is -0.122. The van der Waals surface area contributed by atoms with Gasteiger partial charge in [-0.1, -0.05) is 60.1 Å². The highest BCUT2D eigenvalue weighted by atomic mass is 35.5. The molecular formula is C26H21ClFN5O3. The molecule has 1 aliphatic heterocycles. The Kier molecular flexibility index (Phi) is 6.07. The van der Waals surface area contributed by atoms with Gasteiger partial charge in [0.15, 0.2) is 0 Å². The van der Waals surface area contributed by atoms with E-state index in [4.69, 9.17) is 17.3 Å². The number of hydrogen-bond acceptors (Lipinski definition) is 3. The quantitative estimate of drug-likeness (QED) is 0.376. The van der Waals surface area contributed by atoms with E-state index in [0.717, 1.165) is 5.56 Å². The number of nitrogens with two attached hydrogens (primary N) is 1. The zero-order chi connectivity index (χ0) is 25.4. The molecule has 4 amide bonds. The molecule has 0 saturated heterocycles. The molecule has 0 aliphatic carbocycles. The van der Waals surface area contributed by atoms with Gasteiger partial charge < -0.3 is 11.1 Å². The molecule has 2 heterocycles. The van der Waals surface area contributed by atoms with Crippen LogP contribution >= 0.6 is 11.6 Å². The van der Waals surface area contributed by atoms with Gasteiger partial charge >= 0.3 is 12.1 Å². The Balaban J connectivity index is 1.43. The van der Waals surface area contributed by atoms with Crippen LogP contribution in [0.1, 0.15) is 11.1 Å². The van der Waals surface area contributed by atoms with E-state index >= 15 is 0 Å². The van der Waals surface area contributed by atoms with Gasteiger partial charge in [-0.25, -0.2) is 18.5 Å². The minimum Gasteiger partial charge on any atom is -0.351 e. The molecule has 10 heteroatoms. The highest BCUT2D eigenvalue weighted by molar-refractivity contribution is 6.30. The number of aromatic nitrogens is 1. The van der Waals surface area contributed by atoms with Crippen LogP contribution in [0.3, 0.4) is 0 Å². The summed E-state index contributed by atoms with van der Waals surface area (Å²) in [6.45, 7) is -0.0938. The first-order valence-electron chi connectivity index (χ1n) is 11.1. The van der Waals surface area contributed by atoms with E-state index in [1.165, 1.54) is 21.6 Å². The van der Waals surface area contributed by atoms with E-state index in [-0.39, 0.29) is 29.4 Å². The van der Waals surface area contributed by atoms with Crippen molar-refractivity contribution in [2.24, 2.45) is 5.73 Å². The number of rotatable bonds is 4. The Bertz CT molecular complexity index is 1520. The third kappa shape index (κ3) is 4.14. The molecule has 1 atom stereocenters. The number of para-hydroxylation sites is 2. The van der Waals surface area contributed by atoms with Gasteiger partial charge in [-0.15, -0.1) is 0 Å². The zero-order valence-electron chi connectivity index (χ0n) is 18.9. The summed E-state index contributed by atoms with van der Waals surface area (Å²) < 4.78 is 15.5. The lowest BCUT2D eigenvalue weighted by Gasteiger charge is -2.25. The number of fused-ring (bicyclic) bond motifs is 2. The average molecular weight is 506 g/mol. The first-order chi connectivity index (χ1) is 17.3. The van der Waals surface area contributed by atoms with Crippen LogP contribution in [0.25, 0.3) is 10.9 Å². The van der Waals surface area contributed by atoms with Crippen LogP contribution in [0.5, 0.6) is 0 Å². The van der Waals surface area contributed by atoms with Crippen molar-refractivity contribution >= 4 is 52.0 Å². The summed E-state index contributed by atoms with van der Waals surface area (Å²) in [6, 6.07) is 18.1. The number of primary amides is 1. The van der Waals surface area contributed by atoms with E-state index < -0.39 is 29.8 Å². The molecule has 4 aromatic rings. The van der Waals surface area contributed by atoms with Gasteiger partial charge in [-0.2, -0.15) is 0 Å². The molecule has 8 nitrogen and oxygen atoms in total. The smallest absolute Gasteiger partial charge is 0.328 e. The lowest BCUT2D eigenvalue weighted by Crippen LogP contribution is -2.49. The molecule has 0 bridgehead atoms. The van der Waals surface area contributed by atoms with E-state index in [9.17, 15) is 18.8 Å². The monoisotopic (exact) mass is 505 g/mol. The van der Waals surface area contributed by atoms with Crippen LogP contribution in [-0.4, -0.2) is 28.6 Å². The number of nitrogens with zero attached hydrogens (tertiary/aromatic N) is 2. The maximum Gasteiger partial charge on any atom is 0.328 e. The first-order valence-corrected chi connectivity index (χ1v) is 11.5. The van der Waals surface area contributed by atoms with E-state index in [1.807, 2.05) is 12.1 Å². The van der Waals surface area contributed by atoms with Crippen molar-refractivity contribution in [3.8, 4) is 0 Å². The Morgan fingerprint density at radius 2 is 1.78 bits per heavy atom. The highest BCUT2D eigenvalue weighted by Gasteiger charge is 2.38. The molecule has 0 fully saturated rings. The van der Waals surface area contributed by atoms with Crippen LogP contribution in [0.4, 0.5) is 25.5 Å². The van der Waals surface area contributed by atoms with Crippen molar-refractivity contribution < 1.29 is 18.8 Å². The third-order valence-corrected chi connectivity index (χ3v) is 6.44. The Morgan fingerprint density at radius 3 is 2.58 bits per heavy atom. The third-order valence-electron chi connectivity index (χ3n) is 6.15. The molecule has 1 aliphatic rings. The number of nitrogens with one attached hydrogen (secondary N) is 2. The molecule has 36 heavy (non-hydrogen) atoms. The summed E-state index contributed by atoms with van der Waals surface area (Å²) in [6.07, 6.45) is 0.270. The first kappa shape index (κ1) is 23.4. The molecule has 5 rings (SSSR count). The number of benzene rings is 3. The van der Waals surface area contributed by atoms with Crippen molar-refractivity contribution in [2.45, 2.75) is 19.0 Å². The number of amides is 4. The number of urea groups is 1. The second-order valence-electron chi connectivity index (χ2n) is 8.34. The molecule has 0 saturated carbocycles. The number of anilines is 2. The largest absolute Gasteiger partial charge is 0.351 e. The number of carbonyl (C=O) groups excluding carboxylic acids is 3. The molecule has 4 N–H and O–H groups in total. The van der Waals surface area contributed by atoms with E-state index in [0.29, 0.717) is 16.6 Å². The minimum absolute atomic E-state index is 0.0409.